The minimum atomic E-state index is 0.215. The van der Waals surface area contributed by atoms with Gasteiger partial charge < -0.3 is 5.32 Å². The van der Waals surface area contributed by atoms with Crippen molar-refractivity contribution in [3.05, 3.63) is 34.3 Å². The first-order valence-corrected chi connectivity index (χ1v) is 6.53. The summed E-state index contributed by atoms with van der Waals surface area (Å²) in [4.78, 5) is 12.0. The number of benzene rings is 1. The summed E-state index contributed by atoms with van der Waals surface area (Å²) in [6.07, 6.45) is 2.72. The molecule has 16 heavy (non-hydrogen) atoms. The van der Waals surface area contributed by atoms with Gasteiger partial charge in [-0.25, -0.2) is 0 Å². The number of carbonyl (C=O) groups excluding carboxylic acids is 1. The van der Waals surface area contributed by atoms with Crippen LogP contribution < -0.4 is 5.32 Å². The van der Waals surface area contributed by atoms with E-state index in [2.05, 4.69) is 21.2 Å². The zero-order valence-corrected chi connectivity index (χ0v) is 10.8. The topological polar surface area (TPSA) is 29.1 Å². The van der Waals surface area contributed by atoms with Crippen molar-refractivity contribution in [2.75, 3.05) is 13.1 Å². The Bertz CT molecular complexity index is 372. The van der Waals surface area contributed by atoms with Gasteiger partial charge in [-0.3, -0.25) is 4.79 Å². The second-order valence-corrected chi connectivity index (χ2v) is 5.23. The van der Waals surface area contributed by atoms with Crippen molar-refractivity contribution in [3.8, 4) is 0 Å². The summed E-state index contributed by atoms with van der Waals surface area (Å²) in [5.41, 5.74) is 1.10. The fourth-order valence-corrected chi connectivity index (χ4v) is 2.57. The minimum Gasteiger partial charge on any atom is -0.316 e. The second-order valence-electron chi connectivity index (χ2n) is 4.32. The van der Waals surface area contributed by atoms with Crippen molar-refractivity contribution < 1.29 is 4.79 Å². The van der Waals surface area contributed by atoms with E-state index in [1.807, 2.05) is 24.3 Å². The summed E-state index contributed by atoms with van der Waals surface area (Å²) in [6.45, 7) is 1.91. The molecule has 0 aliphatic carbocycles. The summed E-state index contributed by atoms with van der Waals surface area (Å²) < 4.78 is 1.04. The van der Waals surface area contributed by atoms with E-state index >= 15 is 0 Å². The molecule has 1 fully saturated rings. The third-order valence-electron chi connectivity index (χ3n) is 3.02. The number of hydrogen-bond donors (Lipinski definition) is 1. The molecule has 2 nitrogen and oxygen atoms in total. The first kappa shape index (κ1) is 11.8. The highest BCUT2D eigenvalue weighted by molar-refractivity contribution is 9.10. The van der Waals surface area contributed by atoms with Crippen molar-refractivity contribution in [3.63, 3.8) is 0 Å². The van der Waals surface area contributed by atoms with Gasteiger partial charge in [0.05, 0.1) is 0 Å². The SMILES string of the molecule is O=C(Cc1cccc(Br)c1)C1CCCNC1. The molecule has 1 aliphatic rings. The second kappa shape index (κ2) is 5.60. The molecule has 0 saturated carbocycles. The lowest BCUT2D eigenvalue weighted by atomic mass is 9.91. The third-order valence-corrected chi connectivity index (χ3v) is 3.51. The average molecular weight is 282 g/mol. The Morgan fingerprint density at radius 2 is 2.38 bits per heavy atom. The van der Waals surface area contributed by atoms with Crippen molar-refractivity contribution in [2.24, 2.45) is 5.92 Å². The molecule has 1 saturated heterocycles. The van der Waals surface area contributed by atoms with Crippen LogP contribution in [0.5, 0.6) is 0 Å². The smallest absolute Gasteiger partial charge is 0.141 e. The molecule has 3 heteroatoms. The number of carbonyl (C=O) groups is 1. The molecular weight excluding hydrogens is 266 g/mol. The largest absolute Gasteiger partial charge is 0.316 e. The number of ketones is 1. The van der Waals surface area contributed by atoms with Crippen LogP contribution in [-0.2, 0) is 11.2 Å². The van der Waals surface area contributed by atoms with Gasteiger partial charge >= 0.3 is 0 Å². The van der Waals surface area contributed by atoms with Gasteiger partial charge in [-0.05, 0) is 37.1 Å². The highest BCUT2D eigenvalue weighted by atomic mass is 79.9. The van der Waals surface area contributed by atoms with Gasteiger partial charge in [-0.1, -0.05) is 28.1 Å². The molecule has 1 atom stereocenters. The van der Waals surface area contributed by atoms with Crippen LogP contribution in [0.3, 0.4) is 0 Å². The molecule has 2 rings (SSSR count). The van der Waals surface area contributed by atoms with Crippen molar-refractivity contribution in [2.45, 2.75) is 19.3 Å². The zero-order chi connectivity index (χ0) is 11.4. The normalized spacial score (nSPS) is 20.7. The van der Waals surface area contributed by atoms with E-state index in [9.17, 15) is 4.79 Å². The van der Waals surface area contributed by atoms with Gasteiger partial charge in [0.25, 0.3) is 0 Å². The van der Waals surface area contributed by atoms with Gasteiger partial charge in [0.1, 0.15) is 5.78 Å². The van der Waals surface area contributed by atoms with Gasteiger partial charge in [-0.2, -0.15) is 0 Å². The molecule has 0 aromatic heterocycles. The first-order valence-electron chi connectivity index (χ1n) is 5.73. The molecule has 86 valence electrons. The Kier molecular flexibility index (Phi) is 4.13. The summed E-state index contributed by atoms with van der Waals surface area (Å²) in [7, 11) is 0. The van der Waals surface area contributed by atoms with Crippen LogP contribution in [0.25, 0.3) is 0 Å². The maximum Gasteiger partial charge on any atom is 0.141 e. The molecule has 0 bridgehead atoms. The Morgan fingerprint density at radius 1 is 1.50 bits per heavy atom. The van der Waals surface area contributed by atoms with Crippen molar-refractivity contribution in [1.29, 1.82) is 0 Å². The van der Waals surface area contributed by atoms with Crippen LogP contribution in [0.1, 0.15) is 18.4 Å². The molecule has 0 amide bonds. The Balaban J connectivity index is 1.96. The monoisotopic (exact) mass is 281 g/mol. The summed E-state index contributed by atoms with van der Waals surface area (Å²) in [5, 5.41) is 3.28. The molecule has 1 aliphatic heterocycles. The molecule has 0 spiro atoms. The molecular formula is C13H16BrNO. The predicted molar refractivity (Wildman–Crippen MR) is 68.4 cm³/mol. The third kappa shape index (κ3) is 3.16. The molecule has 1 unspecified atom stereocenters. The van der Waals surface area contributed by atoms with Gasteiger partial charge in [0, 0.05) is 23.4 Å². The quantitative estimate of drug-likeness (QED) is 0.923. The number of piperidine rings is 1. The zero-order valence-electron chi connectivity index (χ0n) is 9.21. The average Bonchev–Trinajstić information content (AvgIpc) is 2.30. The van der Waals surface area contributed by atoms with E-state index in [4.69, 9.17) is 0 Å². The predicted octanol–water partition coefficient (Wildman–Crippen LogP) is 2.56. The lowest BCUT2D eigenvalue weighted by Crippen LogP contribution is -2.35. The summed E-state index contributed by atoms with van der Waals surface area (Å²) >= 11 is 3.42. The highest BCUT2D eigenvalue weighted by Gasteiger charge is 2.20. The van der Waals surface area contributed by atoms with Crippen LogP contribution in [0.2, 0.25) is 0 Å². The van der Waals surface area contributed by atoms with Crippen LogP contribution in [0, 0.1) is 5.92 Å². The van der Waals surface area contributed by atoms with Crippen molar-refractivity contribution in [1.82, 2.24) is 5.32 Å². The van der Waals surface area contributed by atoms with Crippen LogP contribution in [0.4, 0.5) is 0 Å². The minimum absolute atomic E-state index is 0.215. The number of rotatable bonds is 3. The van der Waals surface area contributed by atoms with Crippen molar-refractivity contribution >= 4 is 21.7 Å². The number of hydrogen-bond acceptors (Lipinski definition) is 2. The lowest BCUT2D eigenvalue weighted by molar-refractivity contribution is -0.122. The summed E-state index contributed by atoms with van der Waals surface area (Å²) in [5.74, 6) is 0.582. The molecule has 1 N–H and O–H groups in total. The fourth-order valence-electron chi connectivity index (χ4n) is 2.12. The number of nitrogens with one attached hydrogen (secondary N) is 1. The fraction of sp³-hybridized carbons (Fsp3) is 0.462. The van der Waals surface area contributed by atoms with Gasteiger partial charge in [-0.15, -0.1) is 0 Å². The maximum absolute atomic E-state index is 12.0. The molecule has 0 radical (unpaired) electrons. The van der Waals surface area contributed by atoms with E-state index < -0.39 is 0 Å². The van der Waals surface area contributed by atoms with E-state index in [1.54, 1.807) is 0 Å². The van der Waals surface area contributed by atoms with E-state index in [-0.39, 0.29) is 5.92 Å². The number of halogens is 1. The van der Waals surface area contributed by atoms with E-state index in [1.165, 1.54) is 0 Å². The molecule has 1 aromatic carbocycles. The Morgan fingerprint density at radius 3 is 3.06 bits per heavy atom. The van der Waals surface area contributed by atoms with Crippen LogP contribution >= 0.6 is 15.9 Å². The van der Waals surface area contributed by atoms with E-state index in [0.29, 0.717) is 12.2 Å². The van der Waals surface area contributed by atoms with Crippen LogP contribution in [0.15, 0.2) is 28.7 Å². The van der Waals surface area contributed by atoms with E-state index in [0.717, 1.165) is 36.0 Å². The molecule has 1 aromatic rings. The van der Waals surface area contributed by atoms with Gasteiger partial charge in [0.15, 0.2) is 0 Å². The lowest BCUT2D eigenvalue weighted by Gasteiger charge is -2.21. The highest BCUT2D eigenvalue weighted by Crippen LogP contribution is 2.16. The maximum atomic E-state index is 12.0. The standard InChI is InChI=1S/C13H16BrNO/c14-12-5-1-3-10(7-12)8-13(16)11-4-2-6-15-9-11/h1,3,5,7,11,15H,2,4,6,8-9H2. The van der Waals surface area contributed by atoms with Crippen LogP contribution in [-0.4, -0.2) is 18.9 Å². The summed E-state index contributed by atoms with van der Waals surface area (Å²) in [6, 6.07) is 8.00. The van der Waals surface area contributed by atoms with Gasteiger partial charge in [0.2, 0.25) is 0 Å². The first-order chi connectivity index (χ1) is 7.75. The molecule has 1 heterocycles. The Labute approximate surface area is 105 Å². The number of Topliss-reactive ketones (excluding diaryl/α,β-unsaturated/α-hetero) is 1. The Hall–Kier alpha value is -0.670.